The molecule has 0 aliphatic rings. The molecule has 0 aliphatic carbocycles. The number of aliphatic hydroxyl groups is 4. The molecule has 1 aromatic carbocycles. The van der Waals surface area contributed by atoms with Crippen LogP contribution in [0.5, 0.6) is 0 Å². The number of carboxylic acid groups (broad SMARTS) is 2. The SMILES string of the molecule is CO.CO.CO.CO.NCCN.NCCN.O=C([O-])c1ccc(C(=O)[O-])cc1.[Cu+2]. The maximum absolute atomic E-state index is 10.2. The minimum Gasteiger partial charge on any atom is -0.545 e. The Kier molecular flexibility index (Phi) is 79.5. The molecule has 0 heterocycles. The average Bonchev–Trinajstić information content (AvgIpc) is 2.79. The largest absolute Gasteiger partial charge is 2.00 e. The number of aromatic carboxylic acids is 2. The summed E-state index contributed by atoms with van der Waals surface area (Å²) >= 11 is 0. The molecular weight excluding hydrogens is 440 g/mol. The van der Waals surface area contributed by atoms with E-state index in [9.17, 15) is 19.8 Å². The Labute approximate surface area is 182 Å². The minimum absolute atomic E-state index is 0. The zero-order chi connectivity index (χ0) is 24.0. The number of carbonyl (C=O) groups is 2. The number of carbonyl (C=O) groups excluding carboxylic acids is 2. The summed E-state index contributed by atoms with van der Waals surface area (Å²) in [6.45, 7) is 2.39. The van der Waals surface area contributed by atoms with E-state index in [1.807, 2.05) is 0 Å². The van der Waals surface area contributed by atoms with Crippen LogP contribution >= 0.6 is 0 Å². The third-order valence-electron chi connectivity index (χ3n) is 1.69. The molecule has 13 heteroatoms. The van der Waals surface area contributed by atoms with Crippen molar-refractivity contribution >= 4 is 11.9 Å². The Morgan fingerprint density at radius 3 is 0.828 bits per heavy atom. The molecule has 29 heavy (non-hydrogen) atoms. The Morgan fingerprint density at radius 2 is 0.759 bits per heavy atom. The van der Waals surface area contributed by atoms with Crippen LogP contribution in [0.3, 0.4) is 0 Å². The molecule has 0 amide bonds. The molecular formula is C16H36CuN4O8. The second-order valence-electron chi connectivity index (χ2n) is 3.31. The second-order valence-corrected chi connectivity index (χ2v) is 3.31. The van der Waals surface area contributed by atoms with E-state index in [0.717, 1.165) is 52.7 Å². The quantitative estimate of drug-likeness (QED) is 0.189. The van der Waals surface area contributed by atoms with E-state index in [0.29, 0.717) is 26.2 Å². The van der Waals surface area contributed by atoms with Gasteiger partial charge >= 0.3 is 17.1 Å². The van der Waals surface area contributed by atoms with E-state index in [-0.39, 0.29) is 28.2 Å². The molecule has 0 bridgehead atoms. The number of nitrogens with two attached hydrogens (primary N) is 4. The van der Waals surface area contributed by atoms with E-state index >= 15 is 0 Å². The number of hydrogen-bond acceptors (Lipinski definition) is 12. The van der Waals surface area contributed by atoms with E-state index in [1.165, 1.54) is 0 Å². The third-order valence-corrected chi connectivity index (χ3v) is 1.69. The van der Waals surface area contributed by atoms with E-state index in [2.05, 4.69) is 0 Å². The number of benzene rings is 1. The molecule has 1 radical (unpaired) electrons. The van der Waals surface area contributed by atoms with Crippen LogP contribution in [0.2, 0.25) is 0 Å². The van der Waals surface area contributed by atoms with Crippen LogP contribution in [-0.2, 0) is 17.1 Å². The van der Waals surface area contributed by atoms with E-state index < -0.39 is 11.9 Å². The van der Waals surface area contributed by atoms with Crippen molar-refractivity contribution in [1.29, 1.82) is 0 Å². The van der Waals surface area contributed by atoms with Crippen molar-refractivity contribution in [3.8, 4) is 0 Å². The van der Waals surface area contributed by atoms with Gasteiger partial charge in [-0.2, -0.15) is 0 Å². The fourth-order valence-corrected chi connectivity index (χ4v) is 0.742. The first-order valence-corrected chi connectivity index (χ1v) is 7.56. The van der Waals surface area contributed by atoms with Crippen molar-refractivity contribution in [1.82, 2.24) is 0 Å². The van der Waals surface area contributed by atoms with Gasteiger partial charge in [-0.25, -0.2) is 0 Å². The molecule has 0 saturated heterocycles. The predicted octanol–water partition coefficient (Wildman–Crippen LogP) is -5.35. The van der Waals surface area contributed by atoms with Crippen molar-refractivity contribution in [3.05, 3.63) is 35.4 Å². The molecule has 0 aliphatic heterocycles. The first-order valence-electron chi connectivity index (χ1n) is 7.56. The molecule has 0 aromatic heterocycles. The summed E-state index contributed by atoms with van der Waals surface area (Å²) in [6, 6.07) is 4.61. The molecule has 0 atom stereocenters. The molecule has 12 nitrogen and oxygen atoms in total. The van der Waals surface area contributed by atoms with Crippen LogP contribution in [0, 0.1) is 0 Å². The minimum atomic E-state index is -1.33. The van der Waals surface area contributed by atoms with E-state index in [4.69, 9.17) is 43.4 Å². The van der Waals surface area contributed by atoms with Gasteiger partial charge in [-0.05, 0) is 11.1 Å². The van der Waals surface area contributed by atoms with Crippen LogP contribution in [0.15, 0.2) is 24.3 Å². The average molecular weight is 476 g/mol. The number of aliphatic hydroxyl groups excluding tert-OH is 4. The topological polar surface area (TPSA) is 265 Å². The Hall–Kier alpha value is -1.64. The van der Waals surface area contributed by atoms with Gasteiger partial charge in [-0.15, -0.1) is 0 Å². The van der Waals surface area contributed by atoms with Crippen LogP contribution in [0.25, 0.3) is 0 Å². The van der Waals surface area contributed by atoms with Crippen LogP contribution in [-0.4, -0.2) is 87.0 Å². The third kappa shape index (κ3) is 46.4. The summed E-state index contributed by atoms with van der Waals surface area (Å²) in [5.41, 5.74) is 19.5. The molecule has 1 aromatic rings. The summed E-state index contributed by atoms with van der Waals surface area (Å²) in [6.07, 6.45) is 0. The summed E-state index contributed by atoms with van der Waals surface area (Å²) in [5.74, 6) is -2.67. The molecule has 1 rings (SSSR count). The summed E-state index contributed by atoms with van der Waals surface area (Å²) in [4.78, 5) is 20.4. The summed E-state index contributed by atoms with van der Waals surface area (Å²) in [7, 11) is 4.00. The van der Waals surface area contributed by atoms with Gasteiger partial charge in [0.2, 0.25) is 0 Å². The van der Waals surface area contributed by atoms with Gasteiger partial charge in [-0.1, -0.05) is 24.3 Å². The summed E-state index contributed by atoms with van der Waals surface area (Å²) in [5, 5.41) is 48.4. The monoisotopic (exact) mass is 475 g/mol. The number of carboxylic acids is 2. The smallest absolute Gasteiger partial charge is 0.545 e. The second kappa shape index (κ2) is 50.3. The van der Waals surface area contributed by atoms with Crippen LogP contribution in [0.4, 0.5) is 0 Å². The maximum atomic E-state index is 10.2. The molecule has 0 fully saturated rings. The van der Waals surface area contributed by atoms with Gasteiger partial charge < -0.3 is 63.2 Å². The zero-order valence-corrected chi connectivity index (χ0v) is 18.1. The predicted molar refractivity (Wildman–Crippen MR) is 104 cm³/mol. The van der Waals surface area contributed by atoms with Gasteiger partial charge in [0.1, 0.15) is 0 Å². The van der Waals surface area contributed by atoms with Crippen molar-refractivity contribution in [2.24, 2.45) is 22.9 Å². The van der Waals surface area contributed by atoms with Crippen molar-refractivity contribution in [2.45, 2.75) is 0 Å². The number of rotatable bonds is 4. The van der Waals surface area contributed by atoms with Crippen molar-refractivity contribution in [3.63, 3.8) is 0 Å². The van der Waals surface area contributed by atoms with Gasteiger partial charge in [0, 0.05) is 54.6 Å². The van der Waals surface area contributed by atoms with Gasteiger partial charge in [0.05, 0.1) is 11.9 Å². The molecule has 179 valence electrons. The van der Waals surface area contributed by atoms with Crippen LogP contribution < -0.4 is 33.1 Å². The Bertz CT molecular complexity index is 358. The normalized spacial score (nSPS) is 6.76. The molecule has 0 unspecified atom stereocenters. The number of hydrogen-bond donors (Lipinski definition) is 8. The van der Waals surface area contributed by atoms with Crippen LogP contribution in [0.1, 0.15) is 20.7 Å². The van der Waals surface area contributed by atoms with Crippen molar-refractivity contribution < 1.29 is 57.3 Å². The first-order chi connectivity index (χ1) is 13.4. The van der Waals surface area contributed by atoms with Gasteiger partial charge in [0.15, 0.2) is 0 Å². The van der Waals surface area contributed by atoms with Crippen molar-refractivity contribution in [2.75, 3.05) is 54.6 Å². The fourth-order valence-electron chi connectivity index (χ4n) is 0.742. The van der Waals surface area contributed by atoms with E-state index in [1.54, 1.807) is 0 Å². The van der Waals surface area contributed by atoms with Gasteiger partial charge in [-0.3, -0.25) is 0 Å². The first kappa shape index (κ1) is 45.9. The maximum Gasteiger partial charge on any atom is 2.00 e. The Balaban J connectivity index is -0.0000000481. The molecule has 12 N–H and O–H groups in total. The van der Waals surface area contributed by atoms with Gasteiger partial charge in [0.25, 0.3) is 0 Å². The standard InChI is InChI=1S/C8H6O4.2C2H8N2.4CH4O.Cu/c9-7(10)5-1-2-6(4-3-5)8(11)12;2*3-1-2-4;4*1-2;/h1-4H,(H,9,10)(H,11,12);2*1-4H2;4*2H,1H3;/q;;;;;;;+2/p-2. The fraction of sp³-hybridized carbons (Fsp3) is 0.500. The molecule has 0 saturated carbocycles. The molecule has 0 spiro atoms. The zero-order valence-electron chi connectivity index (χ0n) is 17.2. The summed E-state index contributed by atoms with van der Waals surface area (Å²) < 4.78 is 0. The Morgan fingerprint density at radius 1 is 0.621 bits per heavy atom.